The van der Waals surface area contributed by atoms with Crippen molar-refractivity contribution >= 4 is 17.9 Å². The van der Waals surface area contributed by atoms with Crippen molar-refractivity contribution in [1.29, 1.82) is 0 Å². The van der Waals surface area contributed by atoms with Crippen molar-refractivity contribution in [2.24, 2.45) is 0 Å². The van der Waals surface area contributed by atoms with Crippen molar-refractivity contribution in [3.05, 3.63) is 24.3 Å². The van der Waals surface area contributed by atoms with Gasteiger partial charge in [0.1, 0.15) is 13.2 Å². The highest BCUT2D eigenvalue weighted by molar-refractivity contribution is 5.71. The summed E-state index contributed by atoms with van der Waals surface area (Å²) in [4.78, 5) is 38.3. The molecule has 0 aliphatic rings. The Labute approximate surface area is 443 Å². The molecule has 6 heteroatoms. The summed E-state index contributed by atoms with van der Waals surface area (Å²) in [5.74, 6) is -0.840. The van der Waals surface area contributed by atoms with Crippen molar-refractivity contribution in [2.75, 3.05) is 13.2 Å². The van der Waals surface area contributed by atoms with Crippen molar-refractivity contribution in [2.45, 2.75) is 361 Å². The van der Waals surface area contributed by atoms with Gasteiger partial charge in [0.2, 0.25) is 0 Å². The second-order valence-electron chi connectivity index (χ2n) is 21.7. The van der Waals surface area contributed by atoms with Gasteiger partial charge in [0, 0.05) is 19.3 Å². The van der Waals surface area contributed by atoms with Gasteiger partial charge < -0.3 is 14.2 Å². The Morgan fingerprint density at radius 1 is 0.282 bits per heavy atom. The molecule has 0 aliphatic carbocycles. The molecular formula is C65H122O6. The molecule has 0 spiro atoms. The molecule has 0 N–H and O–H groups in total. The minimum atomic E-state index is -0.768. The van der Waals surface area contributed by atoms with Crippen LogP contribution in [0.3, 0.4) is 0 Å². The van der Waals surface area contributed by atoms with Gasteiger partial charge in [-0.05, 0) is 44.9 Å². The lowest BCUT2D eigenvalue weighted by atomic mass is 10.0. The smallest absolute Gasteiger partial charge is 0.306 e. The number of ether oxygens (including phenoxy) is 3. The number of carbonyl (C=O) groups is 3. The molecule has 71 heavy (non-hydrogen) atoms. The normalized spacial score (nSPS) is 12.1. The summed E-state index contributed by atoms with van der Waals surface area (Å²) in [6, 6.07) is 0. The van der Waals surface area contributed by atoms with E-state index in [2.05, 4.69) is 45.1 Å². The quantitative estimate of drug-likeness (QED) is 0.0261. The molecular weight excluding hydrogens is 877 g/mol. The molecule has 0 fully saturated rings. The molecule has 0 heterocycles. The van der Waals surface area contributed by atoms with Gasteiger partial charge in [-0.2, -0.15) is 0 Å². The number of unbranched alkanes of at least 4 members (excludes halogenated alkanes) is 45. The molecule has 1 unspecified atom stereocenters. The zero-order valence-corrected chi connectivity index (χ0v) is 48.0. The molecule has 1 atom stereocenters. The predicted molar refractivity (Wildman–Crippen MR) is 307 cm³/mol. The number of rotatable bonds is 59. The van der Waals surface area contributed by atoms with Gasteiger partial charge in [-0.25, -0.2) is 0 Å². The van der Waals surface area contributed by atoms with Crippen LogP contribution in [0.4, 0.5) is 0 Å². The third-order valence-electron chi connectivity index (χ3n) is 14.5. The third-order valence-corrected chi connectivity index (χ3v) is 14.5. The first-order chi connectivity index (χ1) is 35.0. The van der Waals surface area contributed by atoms with Crippen LogP contribution in [0.1, 0.15) is 355 Å². The van der Waals surface area contributed by atoms with Crippen molar-refractivity contribution in [1.82, 2.24) is 0 Å². The molecule has 0 aromatic heterocycles. The van der Waals surface area contributed by atoms with E-state index in [0.29, 0.717) is 19.3 Å². The first kappa shape index (κ1) is 68.9. The summed E-state index contributed by atoms with van der Waals surface area (Å²) in [5.41, 5.74) is 0. The van der Waals surface area contributed by atoms with Gasteiger partial charge in [0.15, 0.2) is 6.10 Å². The van der Waals surface area contributed by atoms with Crippen molar-refractivity contribution < 1.29 is 28.6 Å². The summed E-state index contributed by atoms with van der Waals surface area (Å²) in [7, 11) is 0. The lowest BCUT2D eigenvalue weighted by molar-refractivity contribution is -0.167. The average molecular weight is 1000 g/mol. The maximum Gasteiger partial charge on any atom is 0.306 e. The first-order valence-corrected chi connectivity index (χ1v) is 31.9. The lowest BCUT2D eigenvalue weighted by Crippen LogP contribution is -2.30. The third kappa shape index (κ3) is 58.7. The number of hydrogen-bond acceptors (Lipinski definition) is 6. The van der Waals surface area contributed by atoms with E-state index in [9.17, 15) is 14.4 Å². The maximum absolute atomic E-state index is 12.9. The lowest BCUT2D eigenvalue weighted by Gasteiger charge is -2.18. The zero-order valence-electron chi connectivity index (χ0n) is 48.0. The van der Waals surface area contributed by atoms with Gasteiger partial charge in [0.25, 0.3) is 0 Å². The van der Waals surface area contributed by atoms with Crippen LogP contribution in [0.5, 0.6) is 0 Å². The van der Waals surface area contributed by atoms with E-state index >= 15 is 0 Å². The van der Waals surface area contributed by atoms with Crippen molar-refractivity contribution in [3.63, 3.8) is 0 Å². The fourth-order valence-electron chi connectivity index (χ4n) is 9.67. The summed E-state index contributed by atoms with van der Waals surface area (Å²) in [6.07, 6.45) is 71.7. The van der Waals surface area contributed by atoms with Gasteiger partial charge in [-0.3, -0.25) is 14.4 Å². The van der Waals surface area contributed by atoms with Gasteiger partial charge in [0.05, 0.1) is 0 Å². The van der Waals surface area contributed by atoms with E-state index in [-0.39, 0.29) is 31.1 Å². The molecule has 0 bridgehead atoms. The van der Waals surface area contributed by atoms with Crippen LogP contribution in [0.15, 0.2) is 24.3 Å². The van der Waals surface area contributed by atoms with E-state index in [1.54, 1.807) is 0 Å². The van der Waals surface area contributed by atoms with Crippen LogP contribution in [0.2, 0.25) is 0 Å². The van der Waals surface area contributed by atoms with Gasteiger partial charge >= 0.3 is 17.9 Å². The van der Waals surface area contributed by atoms with E-state index in [0.717, 1.165) is 57.8 Å². The topological polar surface area (TPSA) is 78.9 Å². The van der Waals surface area contributed by atoms with Gasteiger partial charge in [-0.15, -0.1) is 0 Å². The molecule has 0 amide bonds. The first-order valence-electron chi connectivity index (χ1n) is 31.9. The van der Waals surface area contributed by atoms with Crippen molar-refractivity contribution in [3.8, 4) is 0 Å². The summed E-state index contributed by atoms with van der Waals surface area (Å²) < 4.78 is 17.0. The minimum Gasteiger partial charge on any atom is -0.462 e. The Morgan fingerprint density at radius 2 is 0.493 bits per heavy atom. The van der Waals surface area contributed by atoms with Crippen LogP contribution >= 0.6 is 0 Å². The highest BCUT2D eigenvalue weighted by Gasteiger charge is 2.19. The predicted octanol–water partition coefficient (Wildman–Crippen LogP) is 21.4. The van der Waals surface area contributed by atoms with Gasteiger partial charge in [-0.1, -0.05) is 315 Å². The highest BCUT2D eigenvalue weighted by Crippen LogP contribution is 2.18. The number of allylic oxidation sites excluding steroid dienone is 4. The van der Waals surface area contributed by atoms with Crippen LogP contribution < -0.4 is 0 Å². The number of esters is 3. The summed E-state index contributed by atoms with van der Waals surface area (Å²) in [5, 5.41) is 0. The number of hydrogen-bond donors (Lipinski definition) is 0. The molecule has 0 saturated carbocycles. The Balaban J connectivity index is 4.31. The zero-order chi connectivity index (χ0) is 51.4. The highest BCUT2D eigenvalue weighted by atomic mass is 16.6. The fraction of sp³-hybridized carbons (Fsp3) is 0.892. The van der Waals surface area contributed by atoms with Crippen LogP contribution in [0.25, 0.3) is 0 Å². The van der Waals surface area contributed by atoms with Crippen LogP contribution in [-0.4, -0.2) is 37.2 Å². The molecule has 418 valence electrons. The van der Waals surface area contributed by atoms with Crippen LogP contribution in [0, 0.1) is 0 Å². The average Bonchev–Trinajstić information content (AvgIpc) is 3.37. The largest absolute Gasteiger partial charge is 0.462 e. The standard InChI is InChI=1S/C65H122O6/c1-4-7-10-13-16-19-22-25-28-31-32-35-37-40-43-46-49-52-55-58-64(67)70-61-62(71-65(68)59-56-53-50-47-44-41-38-34-30-27-24-21-18-15-12-9-6-3)60-69-63(66)57-54-51-48-45-42-39-36-33-29-26-23-20-17-14-11-8-5-2/h16,19,22,25,62H,4-15,17-18,20-21,23-24,26-61H2,1-3H3/b19-16-,25-22-. The second kappa shape index (κ2) is 60.4. The monoisotopic (exact) mass is 999 g/mol. The van der Waals surface area contributed by atoms with E-state index in [1.807, 2.05) is 0 Å². The molecule has 6 nitrogen and oxygen atoms in total. The molecule has 0 rings (SSSR count). The molecule has 0 radical (unpaired) electrons. The molecule has 0 aliphatic heterocycles. The fourth-order valence-corrected chi connectivity index (χ4v) is 9.67. The maximum atomic E-state index is 12.9. The SMILES string of the molecule is CCCCC/C=C\C=C/CCCCCCCCCCCCC(=O)OCC(COC(=O)CCCCCCCCCCCCCCCCCCC)OC(=O)CCCCCCCCCCCCCCCCCCC. The Bertz CT molecular complexity index is 1150. The van der Waals surface area contributed by atoms with E-state index < -0.39 is 6.10 Å². The minimum absolute atomic E-state index is 0.0657. The molecule has 0 aromatic carbocycles. The molecule has 0 aromatic rings. The summed E-state index contributed by atoms with van der Waals surface area (Å²) in [6.45, 7) is 6.68. The van der Waals surface area contributed by atoms with E-state index in [1.165, 1.54) is 257 Å². The Morgan fingerprint density at radius 3 is 0.775 bits per heavy atom. The number of carbonyl (C=O) groups excluding carboxylic acids is 3. The second-order valence-corrected chi connectivity index (χ2v) is 21.7. The summed E-state index contributed by atoms with van der Waals surface area (Å²) >= 11 is 0. The van der Waals surface area contributed by atoms with Crippen LogP contribution in [-0.2, 0) is 28.6 Å². The Hall–Kier alpha value is -2.11. The molecule has 0 saturated heterocycles. The van der Waals surface area contributed by atoms with E-state index in [4.69, 9.17) is 14.2 Å². The Kier molecular flexibility index (Phi) is 58.6.